The molecule has 4 aromatic rings. The molecule has 1 unspecified atom stereocenters. The molecule has 1 aliphatic heterocycles. The average molecular weight is 496 g/mol. The number of rotatable bonds is 6. The maximum Gasteiger partial charge on any atom is 0.200 e. The Morgan fingerprint density at radius 3 is 2.03 bits per heavy atom. The number of benzene rings is 3. The van der Waals surface area contributed by atoms with Crippen LogP contribution in [0, 0.1) is 11.3 Å². The highest BCUT2D eigenvalue weighted by molar-refractivity contribution is 7.92. The Hall–Kier alpha value is -4.22. The van der Waals surface area contributed by atoms with E-state index in [-0.39, 0.29) is 10.6 Å². The second-order valence-corrected chi connectivity index (χ2v) is 10.6. The van der Waals surface area contributed by atoms with Gasteiger partial charge in [-0.3, -0.25) is 0 Å². The van der Waals surface area contributed by atoms with Crippen LogP contribution >= 0.6 is 0 Å². The molecule has 0 aliphatic carbocycles. The van der Waals surface area contributed by atoms with E-state index in [2.05, 4.69) is 34.3 Å². The monoisotopic (exact) mass is 495 g/mol. The second kappa shape index (κ2) is 10.2. The zero-order valence-electron chi connectivity index (χ0n) is 19.6. The molecule has 1 saturated heterocycles. The molecule has 0 N–H and O–H groups in total. The van der Waals surface area contributed by atoms with Crippen LogP contribution in [-0.4, -0.2) is 49.5 Å². The number of hydrogen-bond acceptors (Lipinski definition) is 7. The SMILES string of the molecule is N#CC(c1nc2ccccc2nc1N1CCN(/C=C/c2ccccc2)CC1)S(=O)(=O)c1ccccc1. The van der Waals surface area contributed by atoms with E-state index < -0.39 is 15.1 Å². The molecule has 180 valence electrons. The molecule has 0 saturated carbocycles. The molecule has 1 aliphatic rings. The van der Waals surface area contributed by atoms with Crippen molar-refractivity contribution in [2.24, 2.45) is 0 Å². The lowest BCUT2D eigenvalue weighted by Gasteiger charge is -2.35. The van der Waals surface area contributed by atoms with Crippen LogP contribution in [0.2, 0.25) is 0 Å². The van der Waals surface area contributed by atoms with Crippen LogP contribution in [0.1, 0.15) is 16.5 Å². The van der Waals surface area contributed by atoms with Crippen LogP contribution < -0.4 is 4.90 Å². The zero-order chi connectivity index (χ0) is 25.0. The van der Waals surface area contributed by atoms with Gasteiger partial charge < -0.3 is 9.80 Å². The van der Waals surface area contributed by atoms with Crippen molar-refractivity contribution in [3.63, 3.8) is 0 Å². The number of hydrogen-bond donors (Lipinski definition) is 0. The predicted octanol–water partition coefficient (Wildman–Crippen LogP) is 4.46. The van der Waals surface area contributed by atoms with Crippen LogP contribution in [0.3, 0.4) is 0 Å². The molecule has 1 aromatic heterocycles. The first-order valence-corrected chi connectivity index (χ1v) is 13.3. The van der Waals surface area contributed by atoms with Gasteiger partial charge in [-0.1, -0.05) is 60.7 Å². The standard InChI is InChI=1S/C28H25N5O2S/c29-21-26(36(34,35)23-11-5-2-6-12-23)27-28(31-25-14-8-7-13-24(25)30-27)33-19-17-32(18-20-33)16-15-22-9-3-1-4-10-22/h1-16,26H,17-20H2/b16-15+. The topological polar surface area (TPSA) is 90.2 Å². The number of fused-ring (bicyclic) bond motifs is 1. The van der Waals surface area contributed by atoms with Gasteiger partial charge in [-0.15, -0.1) is 0 Å². The van der Waals surface area contributed by atoms with Gasteiger partial charge in [-0.25, -0.2) is 18.4 Å². The Morgan fingerprint density at radius 1 is 0.806 bits per heavy atom. The summed E-state index contributed by atoms with van der Waals surface area (Å²) in [5, 5.41) is 8.59. The lowest BCUT2D eigenvalue weighted by molar-refractivity contribution is 0.349. The van der Waals surface area contributed by atoms with Gasteiger partial charge in [0.1, 0.15) is 5.69 Å². The van der Waals surface area contributed by atoms with Crippen molar-refractivity contribution in [3.8, 4) is 6.07 Å². The maximum absolute atomic E-state index is 13.5. The summed E-state index contributed by atoms with van der Waals surface area (Å²) in [7, 11) is -4.00. The number of para-hydroxylation sites is 2. The van der Waals surface area contributed by atoms with Crippen LogP contribution in [0.4, 0.5) is 5.82 Å². The van der Waals surface area contributed by atoms with Crippen molar-refractivity contribution in [1.82, 2.24) is 14.9 Å². The van der Waals surface area contributed by atoms with Gasteiger partial charge in [0.2, 0.25) is 9.84 Å². The van der Waals surface area contributed by atoms with Gasteiger partial charge in [-0.2, -0.15) is 5.26 Å². The van der Waals surface area contributed by atoms with Crippen molar-refractivity contribution in [1.29, 1.82) is 5.26 Å². The van der Waals surface area contributed by atoms with E-state index in [9.17, 15) is 13.7 Å². The second-order valence-electron chi connectivity index (χ2n) is 8.54. The lowest BCUT2D eigenvalue weighted by Crippen LogP contribution is -2.45. The van der Waals surface area contributed by atoms with Gasteiger partial charge in [0.15, 0.2) is 11.1 Å². The molecule has 36 heavy (non-hydrogen) atoms. The number of sulfone groups is 1. The Balaban J connectivity index is 1.47. The molecule has 2 heterocycles. The molecule has 5 rings (SSSR count). The summed E-state index contributed by atoms with van der Waals surface area (Å²) in [6.07, 6.45) is 4.16. The average Bonchev–Trinajstić information content (AvgIpc) is 2.93. The van der Waals surface area contributed by atoms with Crippen molar-refractivity contribution in [2.45, 2.75) is 10.1 Å². The Labute approximate surface area is 210 Å². The van der Waals surface area contributed by atoms with Crippen molar-refractivity contribution in [3.05, 3.63) is 102 Å². The molecule has 3 aromatic carbocycles. The minimum Gasteiger partial charge on any atom is -0.374 e. The van der Waals surface area contributed by atoms with Crippen LogP contribution in [0.15, 0.2) is 96.0 Å². The molecule has 0 radical (unpaired) electrons. The molecular formula is C28H25N5O2S. The van der Waals surface area contributed by atoms with E-state index in [1.165, 1.54) is 12.1 Å². The first kappa shape index (κ1) is 23.5. The summed E-state index contributed by atoms with van der Waals surface area (Å²) in [4.78, 5) is 13.8. The highest BCUT2D eigenvalue weighted by atomic mass is 32.2. The summed E-state index contributed by atoms with van der Waals surface area (Å²) in [6, 6.07) is 27.5. The van der Waals surface area contributed by atoms with Gasteiger partial charge in [0.05, 0.1) is 22.0 Å². The van der Waals surface area contributed by atoms with E-state index >= 15 is 0 Å². The van der Waals surface area contributed by atoms with E-state index in [0.29, 0.717) is 29.9 Å². The van der Waals surface area contributed by atoms with Crippen molar-refractivity contribution in [2.75, 3.05) is 31.1 Å². The number of anilines is 1. The number of nitriles is 1. The smallest absolute Gasteiger partial charge is 0.200 e. The normalized spacial score (nSPS) is 15.2. The molecule has 7 nitrogen and oxygen atoms in total. The van der Waals surface area contributed by atoms with Gasteiger partial charge in [0.25, 0.3) is 0 Å². The van der Waals surface area contributed by atoms with E-state index in [4.69, 9.17) is 4.98 Å². The first-order valence-electron chi connectivity index (χ1n) is 11.7. The van der Waals surface area contributed by atoms with Crippen LogP contribution in [-0.2, 0) is 9.84 Å². The fourth-order valence-electron chi connectivity index (χ4n) is 4.28. The summed E-state index contributed by atoms with van der Waals surface area (Å²) >= 11 is 0. The fraction of sp³-hybridized carbons (Fsp3) is 0.179. The molecule has 1 atom stereocenters. The van der Waals surface area contributed by atoms with Crippen LogP contribution in [0.5, 0.6) is 0 Å². The van der Waals surface area contributed by atoms with Gasteiger partial charge in [-0.05, 0) is 42.1 Å². The highest BCUT2D eigenvalue weighted by Crippen LogP contribution is 2.34. The quantitative estimate of drug-likeness (QED) is 0.390. The number of aromatic nitrogens is 2. The van der Waals surface area contributed by atoms with Gasteiger partial charge in [0, 0.05) is 26.2 Å². The molecule has 1 fully saturated rings. The number of nitrogens with zero attached hydrogens (tertiary/aromatic N) is 5. The summed E-state index contributed by atoms with van der Waals surface area (Å²) < 4.78 is 27.0. The lowest BCUT2D eigenvalue weighted by atomic mass is 10.2. The Kier molecular flexibility index (Phi) is 6.65. The first-order chi connectivity index (χ1) is 17.6. The van der Waals surface area contributed by atoms with E-state index in [0.717, 1.165) is 18.7 Å². The molecular weight excluding hydrogens is 470 g/mol. The Bertz CT molecular complexity index is 1530. The highest BCUT2D eigenvalue weighted by Gasteiger charge is 2.35. The summed E-state index contributed by atoms with van der Waals surface area (Å²) in [6.45, 7) is 2.73. The minimum atomic E-state index is -4.00. The molecule has 0 amide bonds. The zero-order valence-corrected chi connectivity index (χ0v) is 20.4. The molecule has 0 spiro atoms. The van der Waals surface area contributed by atoms with E-state index in [1.54, 1.807) is 24.3 Å². The van der Waals surface area contributed by atoms with Crippen molar-refractivity contribution >= 4 is 32.8 Å². The minimum absolute atomic E-state index is 0.0910. The third kappa shape index (κ3) is 4.79. The Morgan fingerprint density at radius 2 is 1.39 bits per heavy atom. The molecule has 8 heteroatoms. The summed E-state index contributed by atoms with van der Waals surface area (Å²) in [5.74, 6) is 0.450. The van der Waals surface area contributed by atoms with Crippen molar-refractivity contribution < 1.29 is 8.42 Å². The predicted molar refractivity (Wildman–Crippen MR) is 141 cm³/mol. The largest absolute Gasteiger partial charge is 0.374 e. The third-order valence-electron chi connectivity index (χ3n) is 6.22. The fourth-order valence-corrected chi connectivity index (χ4v) is 5.67. The molecule has 0 bridgehead atoms. The third-order valence-corrected chi connectivity index (χ3v) is 8.10. The van der Waals surface area contributed by atoms with Gasteiger partial charge >= 0.3 is 0 Å². The maximum atomic E-state index is 13.5. The van der Waals surface area contributed by atoms with E-state index in [1.807, 2.05) is 47.4 Å². The summed E-state index contributed by atoms with van der Waals surface area (Å²) in [5.41, 5.74) is 2.53. The number of piperazine rings is 1. The van der Waals surface area contributed by atoms with Crippen LogP contribution in [0.25, 0.3) is 17.1 Å².